The smallest absolute Gasteiger partial charge is 0.257 e. The molecule has 0 unspecified atom stereocenters. The minimum Gasteiger partial charge on any atom is -0.497 e. The quantitative estimate of drug-likeness (QED) is 0.717. The van der Waals surface area contributed by atoms with E-state index >= 15 is 0 Å². The summed E-state index contributed by atoms with van der Waals surface area (Å²) in [5.41, 5.74) is 0.608. The van der Waals surface area contributed by atoms with Crippen molar-refractivity contribution in [2.45, 2.75) is 38.8 Å². The Balaban J connectivity index is 1.64. The van der Waals surface area contributed by atoms with Crippen LogP contribution in [-0.2, 0) is 0 Å². The van der Waals surface area contributed by atoms with Gasteiger partial charge >= 0.3 is 0 Å². The SMILES string of the molecule is COc1ccc(C(=O)N2CC(N(CC(C)C)C3CCN(C)CC3)C2)c(OC)c1. The summed E-state index contributed by atoms with van der Waals surface area (Å²) in [6.45, 7) is 9.60. The molecule has 0 aromatic heterocycles. The van der Waals surface area contributed by atoms with Crippen LogP contribution in [0.25, 0.3) is 0 Å². The number of benzene rings is 1. The third-order valence-electron chi connectivity index (χ3n) is 5.99. The lowest BCUT2D eigenvalue weighted by Gasteiger charge is -2.50. The molecule has 6 nitrogen and oxygen atoms in total. The predicted octanol–water partition coefficient (Wildman–Crippen LogP) is 2.58. The van der Waals surface area contributed by atoms with Gasteiger partial charge in [0.05, 0.1) is 19.8 Å². The molecule has 0 bridgehead atoms. The molecule has 6 heteroatoms. The highest BCUT2D eigenvalue weighted by atomic mass is 16.5. The Hall–Kier alpha value is -1.79. The Kier molecular flexibility index (Phi) is 6.83. The molecule has 0 N–H and O–H groups in total. The minimum absolute atomic E-state index is 0.0450. The third kappa shape index (κ3) is 4.61. The summed E-state index contributed by atoms with van der Waals surface area (Å²) < 4.78 is 10.7. The topological polar surface area (TPSA) is 45.2 Å². The minimum atomic E-state index is 0.0450. The van der Waals surface area contributed by atoms with E-state index in [1.165, 1.54) is 12.8 Å². The van der Waals surface area contributed by atoms with Gasteiger partial charge in [-0.2, -0.15) is 0 Å². The zero-order valence-corrected chi connectivity index (χ0v) is 18.0. The molecule has 0 atom stereocenters. The fourth-order valence-electron chi connectivity index (χ4n) is 4.32. The van der Waals surface area contributed by atoms with Gasteiger partial charge in [0.2, 0.25) is 0 Å². The van der Waals surface area contributed by atoms with Crippen LogP contribution in [0, 0.1) is 5.92 Å². The fraction of sp³-hybridized carbons (Fsp3) is 0.682. The average Bonchev–Trinajstić information content (AvgIpc) is 2.65. The molecule has 0 radical (unpaired) electrons. The Morgan fingerprint density at radius 3 is 2.39 bits per heavy atom. The maximum Gasteiger partial charge on any atom is 0.257 e. The Morgan fingerprint density at radius 2 is 1.82 bits per heavy atom. The van der Waals surface area contributed by atoms with Crippen LogP contribution in [-0.4, -0.2) is 86.7 Å². The van der Waals surface area contributed by atoms with Crippen molar-refractivity contribution < 1.29 is 14.3 Å². The summed E-state index contributed by atoms with van der Waals surface area (Å²) in [6.07, 6.45) is 2.44. The largest absolute Gasteiger partial charge is 0.497 e. The lowest BCUT2D eigenvalue weighted by Crippen LogP contribution is -2.64. The van der Waals surface area contributed by atoms with Gasteiger partial charge < -0.3 is 19.3 Å². The van der Waals surface area contributed by atoms with Crippen LogP contribution >= 0.6 is 0 Å². The van der Waals surface area contributed by atoms with E-state index < -0.39 is 0 Å². The van der Waals surface area contributed by atoms with E-state index in [4.69, 9.17) is 9.47 Å². The van der Waals surface area contributed by atoms with Crippen LogP contribution in [0.3, 0.4) is 0 Å². The van der Waals surface area contributed by atoms with Crippen LogP contribution in [0.1, 0.15) is 37.0 Å². The van der Waals surface area contributed by atoms with Crippen LogP contribution in [0.4, 0.5) is 0 Å². The van der Waals surface area contributed by atoms with Gasteiger partial charge in [0.1, 0.15) is 11.5 Å². The number of ether oxygens (including phenoxy) is 2. The lowest BCUT2D eigenvalue weighted by molar-refractivity contribution is -0.00812. The number of carbonyl (C=O) groups excluding carboxylic acids is 1. The number of methoxy groups -OCH3 is 2. The van der Waals surface area contributed by atoms with Crippen LogP contribution < -0.4 is 9.47 Å². The first kappa shape index (κ1) is 20.9. The molecule has 156 valence electrons. The van der Waals surface area contributed by atoms with Crippen LogP contribution in [0.2, 0.25) is 0 Å². The summed E-state index contributed by atoms with van der Waals surface area (Å²) in [7, 11) is 5.41. The summed E-state index contributed by atoms with van der Waals surface area (Å²) >= 11 is 0. The third-order valence-corrected chi connectivity index (χ3v) is 5.99. The highest BCUT2D eigenvalue weighted by Gasteiger charge is 2.39. The van der Waals surface area contributed by atoms with E-state index in [0.29, 0.717) is 35.1 Å². The van der Waals surface area contributed by atoms with Crippen molar-refractivity contribution in [1.82, 2.24) is 14.7 Å². The van der Waals surface area contributed by atoms with Crippen LogP contribution in [0.15, 0.2) is 18.2 Å². The molecule has 2 aliphatic heterocycles. The number of nitrogens with zero attached hydrogens (tertiary/aromatic N) is 3. The van der Waals surface area contributed by atoms with Gasteiger partial charge in [-0.3, -0.25) is 9.69 Å². The van der Waals surface area contributed by atoms with Crippen LogP contribution in [0.5, 0.6) is 11.5 Å². The average molecular weight is 390 g/mol. The summed E-state index contributed by atoms with van der Waals surface area (Å²) in [6, 6.07) is 6.49. The zero-order valence-electron chi connectivity index (χ0n) is 18.0. The van der Waals surface area contributed by atoms with Crippen molar-refractivity contribution in [3.8, 4) is 11.5 Å². The molecule has 28 heavy (non-hydrogen) atoms. The highest BCUT2D eigenvalue weighted by molar-refractivity contribution is 5.97. The van der Waals surface area contributed by atoms with Gasteiger partial charge in [-0.15, -0.1) is 0 Å². The molecule has 3 rings (SSSR count). The Bertz CT molecular complexity index is 665. The number of carbonyl (C=O) groups is 1. The molecule has 1 amide bonds. The molecule has 0 spiro atoms. The van der Waals surface area contributed by atoms with E-state index in [1.807, 2.05) is 11.0 Å². The summed E-state index contributed by atoms with van der Waals surface area (Å²) in [5.74, 6) is 1.94. The van der Waals surface area contributed by atoms with E-state index in [2.05, 4.69) is 30.7 Å². The number of rotatable bonds is 7. The Labute approximate surface area is 169 Å². The second-order valence-electron chi connectivity index (χ2n) is 8.56. The van der Waals surface area contributed by atoms with Gasteiger partial charge in [0.15, 0.2) is 0 Å². The van der Waals surface area contributed by atoms with Gasteiger partial charge in [0.25, 0.3) is 5.91 Å². The fourth-order valence-corrected chi connectivity index (χ4v) is 4.32. The first-order valence-electron chi connectivity index (χ1n) is 10.4. The van der Waals surface area contributed by atoms with Gasteiger partial charge in [-0.25, -0.2) is 0 Å². The summed E-state index contributed by atoms with van der Waals surface area (Å²) in [5, 5.41) is 0. The normalized spacial score (nSPS) is 19.2. The number of hydrogen-bond donors (Lipinski definition) is 0. The number of amides is 1. The first-order valence-corrected chi connectivity index (χ1v) is 10.4. The molecular weight excluding hydrogens is 354 g/mol. The second kappa shape index (κ2) is 9.14. The Morgan fingerprint density at radius 1 is 1.14 bits per heavy atom. The van der Waals surface area contributed by atoms with Crippen molar-refractivity contribution in [3.05, 3.63) is 23.8 Å². The summed E-state index contributed by atoms with van der Waals surface area (Å²) in [4.78, 5) is 20.0. The maximum absolute atomic E-state index is 13.0. The molecule has 2 saturated heterocycles. The molecular formula is C22H35N3O3. The molecule has 0 aliphatic carbocycles. The maximum atomic E-state index is 13.0. The number of likely N-dealkylation sites (tertiary alicyclic amines) is 2. The van der Waals surface area contributed by atoms with Gasteiger partial charge in [0, 0.05) is 37.8 Å². The lowest BCUT2D eigenvalue weighted by atomic mass is 9.96. The molecule has 2 aliphatic rings. The number of piperidine rings is 1. The van der Waals surface area contributed by atoms with E-state index in [1.54, 1.807) is 26.4 Å². The molecule has 1 aromatic rings. The first-order chi connectivity index (χ1) is 13.4. The van der Waals surface area contributed by atoms with Crippen molar-refractivity contribution in [3.63, 3.8) is 0 Å². The van der Waals surface area contributed by atoms with E-state index in [9.17, 15) is 4.79 Å². The van der Waals surface area contributed by atoms with E-state index in [-0.39, 0.29) is 5.91 Å². The van der Waals surface area contributed by atoms with Crippen molar-refractivity contribution in [2.24, 2.45) is 5.92 Å². The molecule has 0 saturated carbocycles. The van der Waals surface area contributed by atoms with Crippen molar-refractivity contribution >= 4 is 5.91 Å². The predicted molar refractivity (Wildman–Crippen MR) is 111 cm³/mol. The second-order valence-corrected chi connectivity index (χ2v) is 8.56. The van der Waals surface area contributed by atoms with Crippen molar-refractivity contribution in [2.75, 3.05) is 54.0 Å². The van der Waals surface area contributed by atoms with Crippen molar-refractivity contribution in [1.29, 1.82) is 0 Å². The highest BCUT2D eigenvalue weighted by Crippen LogP contribution is 2.29. The molecule has 2 fully saturated rings. The van der Waals surface area contributed by atoms with E-state index in [0.717, 1.165) is 32.7 Å². The number of hydrogen-bond acceptors (Lipinski definition) is 5. The monoisotopic (exact) mass is 389 g/mol. The zero-order chi connectivity index (χ0) is 20.3. The van der Waals surface area contributed by atoms with Gasteiger partial charge in [-0.05, 0) is 51.0 Å². The molecule has 2 heterocycles. The van der Waals surface area contributed by atoms with Gasteiger partial charge in [-0.1, -0.05) is 13.8 Å². The molecule has 1 aromatic carbocycles. The standard InChI is InChI=1S/C22H35N3O3/c1-16(2)13-25(17-8-10-23(3)11-9-17)18-14-24(15-18)22(26)20-7-6-19(27-4)12-21(20)28-5/h6-7,12,16-18H,8-11,13-15H2,1-5H3.